The van der Waals surface area contributed by atoms with Gasteiger partial charge >= 0.3 is 0 Å². The van der Waals surface area contributed by atoms with Gasteiger partial charge < -0.3 is 4.57 Å². The van der Waals surface area contributed by atoms with Gasteiger partial charge in [0, 0.05) is 28.6 Å². The van der Waals surface area contributed by atoms with Crippen molar-refractivity contribution in [3.05, 3.63) is 52.5 Å². The molecule has 4 heteroatoms. The summed E-state index contributed by atoms with van der Waals surface area (Å²) in [6.45, 7) is 0. The van der Waals surface area contributed by atoms with Gasteiger partial charge in [0.15, 0.2) is 0 Å². The minimum Gasteiger partial charge on any atom is -0.313 e. The molecule has 0 spiro atoms. The van der Waals surface area contributed by atoms with Gasteiger partial charge in [-0.2, -0.15) is 0 Å². The van der Waals surface area contributed by atoms with Crippen LogP contribution < -0.4 is 0 Å². The van der Waals surface area contributed by atoms with Gasteiger partial charge in [0.2, 0.25) is 0 Å². The highest BCUT2D eigenvalue weighted by molar-refractivity contribution is 6.35. The summed E-state index contributed by atoms with van der Waals surface area (Å²) < 4.78 is 1.96. The molecule has 0 aliphatic heterocycles. The summed E-state index contributed by atoms with van der Waals surface area (Å²) in [4.78, 5) is 4.05. The molecule has 1 aromatic carbocycles. The second-order valence-electron chi connectivity index (χ2n) is 4.49. The smallest absolute Gasteiger partial charge is 0.0986 e. The Kier molecular flexibility index (Phi) is 3.14. The van der Waals surface area contributed by atoms with Crippen LogP contribution in [0.15, 0.2) is 36.9 Å². The van der Waals surface area contributed by atoms with Crippen LogP contribution >= 0.6 is 23.2 Å². The summed E-state index contributed by atoms with van der Waals surface area (Å²) in [5, 5.41) is 1.38. The summed E-state index contributed by atoms with van der Waals surface area (Å²) in [6.07, 6.45) is 10.0. The Bertz CT molecular complexity index is 584. The van der Waals surface area contributed by atoms with E-state index in [2.05, 4.69) is 11.2 Å². The van der Waals surface area contributed by atoms with Crippen molar-refractivity contribution < 1.29 is 0 Å². The van der Waals surface area contributed by atoms with Crippen molar-refractivity contribution in [3.8, 4) is 0 Å². The summed E-state index contributed by atoms with van der Waals surface area (Å²) in [6, 6.07) is 5.67. The number of rotatable bonds is 3. The maximum Gasteiger partial charge on any atom is 0.0986 e. The van der Waals surface area contributed by atoms with E-state index in [1.165, 1.54) is 18.4 Å². The Morgan fingerprint density at radius 2 is 2.17 bits per heavy atom. The van der Waals surface area contributed by atoms with Crippen molar-refractivity contribution in [2.75, 3.05) is 0 Å². The number of hydrogen-bond donors (Lipinski definition) is 0. The molecule has 0 amide bonds. The molecule has 0 atom stereocenters. The molecule has 1 heterocycles. The molecule has 3 rings (SSSR count). The highest BCUT2D eigenvalue weighted by Crippen LogP contribution is 2.44. The lowest BCUT2D eigenvalue weighted by Crippen LogP contribution is -1.92. The maximum atomic E-state index is 6.29. The van der Waals surface area contributed by atoms with E-state index in [4.69, 9.17) is 23.2 Å². The Hall–Kier alpha value is -1.25. The maximum absolute atomic E-state index is 6.29. The predicted octanol–water partition coefficient (Wildman–Crippen LogP) is 4.60. The molecule has 0 N–H and O–H groups in total. The van der Waals surface area contributed by atoms with Gasteiger partial charge in [0.1, 0.15) is 0 Å². The SMILES string of the molecule is Clc1ccc(/C(=C/n2ccnc2)C2CC2)c(Cl)c1. The van der Waals surface area contributed by atoms with E-state index in [0.29, 0.717) is 16.0 Å². The monoisotopic (exact) mass is 278 g/mol. The third-order valence-electron chi connectivity index (χ3n) is 3.07. The zero-order valence-electron chi connectivity index (χ0n) is 9.68. The van der Waals surface area contributed by atoms with Crippen molar-refractivity contribution in [1.29, 1.82) is 0 Å². The number of aromatic nitrogens is 2. The highest BCUT2D eigenvalue weighted by Gasteiger charge is 2.28. The fourth-order valence-corrected chi connectivity index (χ4v) is 2.54. The van der Waals surface area contributed by atoms with Crippen LogP contribution in [-0.2, 0) is 0 Å². The molecule has 1 aliphatic rings. The van der Waals surface area contributed by atoms with E-state index in [-0.39, 0.29) is 0 Å². The lowest BCUT2D eigenvalue weighted by Gasteiger charge is -2.09. The predicted molar refractivity (Wildman–Crippen MR) is 75.6 cm³/mol. The Labute approximate surface area is 116 Å². The zero-order valence-corrected chi connectivity index (χ0v) is 11.2. The van der Waals surface area contributed by atoms with E-state index in [9.17, 15) is 0 Å². The summed E-state index contributed by atoms with van der Waals surface area (Å²) in [7, 11) is 0. The molecule has 2 aromatic rings. The summed E-state index contributed by atoms with van der Waals surface area (Å²) >= 11 is 12.2. The van der Waals surface area contributed by atoms with Crippen LogP contribution in [0.5, 0.6) is 0 Å². The molecule has 2 nitrogen and oxygen atoms in total. The van der Waals surface area contributed by atoms with Crippen LogP contribution in [0, 0.1) is 5.92 Å². The molecule has 1 aromatic heterocycles. The van der Waals surface area contributed by atoms with Crippen molar-refractivity contribution in [2.24, 2.45) is 5.92 Å². The first-order valence-electron chi connectivity index (χ1n) is 5.88. The molecule has 92 valence electrons. The van der Waals surface area contributed by atoms with Gasteiger partial charge in [-0.15, -0.1) is 0 Å². The fourth-order valence-electron chi connectivity index (χ4n) is 2.02. The van der Waals surface area contributed by atoms with Gasteiger partial charge in [-0.25, -0.2) is 4.98 Å². The van der Waals surface area contributed by atoms with Crippen LogP contribution in [-0.4, -0.2) is 9.55 Å². The van der Waals surface area contributed by atoms with Crippen LogP contribution in [0.3, 0.4) is 0 Å². The molecule has 18 heavy (non-hydrogen) atoms. The number of hydrogen-bond acceptors (Lipinski definition) is 1. The summed E-state index contributed by atoms with van der Waals surface area (Å²) in [5.41, 5.74) is 2.33. The lowest BCUT2D eigenvalue weighted by atomic mass is 10.0. The van der Waals surface area contributed by atoms with Crippen molar-refractivity contribution >= 4 is 35.0 Å². The van der Waals surface area contributed by atoms with Gasteiger partial charge in [-0.05, 0) is 42.0 Å². The normalized spacial score (nSPS) is 16.0. The first-order chi connectivity index (χ1) is 8.74. The molecule has 0 unspecified atom stereocenters. The molecule has 1 aliphatic carbocycles. The largest absolute Gasteiger partial charge is 0.313 e. The quantitative estimate of drug-likeness (QED) is 0.803. The number of nitrogens with zero attached hydrogens (tertiary/aromatic N) is 2. The van der Waals surface area contributed by atoms with Gasteiger partial charge in [0.05, 0.1) is 6.33 Å². The van der Waals surface area contributed by atoms with E-state index >= 15 is 0 Å². The van der Waals surface area contributed by atoms with Gasteiger partial charge in [-0.3, -0.25) is 0 Å². The first kappa shape index (κ1) is 11.8. The molecule has 0 bridgehead atoms. The van der Waals surface area contributed by atoms with Crippen LogP contribution in [0.4, 0.5) is 0 Å². The Morgan fingerprint density at radius 1 is 1.33 bits per heavy atom. The minimum atomic E-state index is 0.603. The molecular weight excluding hydrogens is 267 g/mol. The fraction of sp³-hybridized carbons (Fsp3) is 0.214. The third-order valence-corrected chi connectivity index (χ3v) is 3.62. The molecule has 0 saturated heterocycles. The molecule has 0 radical (unpaired) electrons. The van der Waals surface area contributed by atoms with E-state index < -0.39 is 0 Å². The lowest BCUT2D eigenvalue weighted by molar-refractivity contribution is 1.10. The van der Waals surface area contributed by atoms with Crippen molar-refractivity contribution in [2.45, 2.75) is 12.8 Å². The second-order valence-corrected chi connectivity index (χ2v) is 5.34. The van der Waals surface area contributed by atoms with Crippen molar-refractivity contribution in [1.82, 2.24) is 9.55 Å². The Balaban J connectivity index is 2.04. The van der Waals surface area contributed by atoms with Crippen LogP contribution in [0.25, 0.3) is 11.8 Å². The first-order valence-corrected chi connectivity index (χ1v) is 6.64. The van der Waals surface area contributed by atoms with Crippen molar-refractivity contribution in [3.63, 3.8) is 0 Å². The van der Waals surface area contributed by atoms with E-state index in [0.717, 1.165) is 5.56 Å². The summed E-state index contributed by atoms with van der Waals surface area (Å²) in [5.74, 6) is 0.603. The van der Waals surface area contributed by atoms with Gasteiger partial charge in [-0.1, -0.05) is 29.3 Å². The van der Waals surface area contributed by atoms with Crippen LogP contribution in [0.2, 0.25) is 10.0 Å². The number of allylic oxidation sites excluding steroid dienone is 1. The molecule has 1 fully saturated rings. The van der Waals surface area contributed by atoms with Gasteiger partial charge in [0.25, 0.3) is 0 Å². The standard InChI is InChI=1S/C14H12Cl2N2/c15-11-3-4-12(14(16)7-11)13(10-1-2-10)8-18-6-5-17-9-18/h3-10H,1-2H2/b13-8+. The van der Waals surface area contributed by atoms with Crippen LogP contribution in [0.1, 0.15) is 18.4 Å². The average molecular weight is 279 g/mol. The van der Waals surface area contributed by atoms with E-state index in [1.54, 1.807) is 18.6 Å². The van der Waals surface area contributed by atoms with E-state index in [1.807, 2.05) is 22.9 Å². The molecule has 1 saturated carbocycles. The number of benzene rings is 1. The number of halogens is 2. The second kappa shape index (κ2) is 4.79. The highest BCUT2D eigenvalue weighted by atomic mass is 35.5. The molecular formula is C14H12Cl2N2. The number of imidazole rings is 1. The zero-order chi connectivity index (χ0) is 12.5. The topological polar surface area (TPSA) is 17.8 Å². The average Bonchev–Trinajstić information content (AvgIpc) is 3.05. The Morgan fingerprint density at radius 3 is 2.78 bits per heavy atom. The minimum absolute atomic E-state index is 0.603. The third kappa shape index (κ3) is 2.45.